The summed E-state index contributed by atoms with van der Waals surface area (Å²) in [4.78, 5) is 172. The van der Waals surface area contributed by atoms with Gasteiger partial charge < -0.3 is 69.7 Å². The summed E-state index contributed by atoms with van der Waals surface area (Å²) in [6, 6.07) is 39.1. The van der Waals surface area contributed by atoms with Gasteiger partial charge >= 0.3 is 30.1 Å². The van der Waals surface area contributed by atoms with Gasteiger partial charge in [-0.15, -0.1) is 0 Å². The first-order chi connectivity index (χ1) is 60.0. The van der Waals surface area contributed by atoms with Crippen molar-refractivity contribution < 1.29 is 91.1 Å². The van der Waals surface area contributed by atoms with Crippen LogP contribution in [0.4, 0.5) is 19.2 Å². The number of fused-ring (bicyclic) bond motifs is 6. The summed E-state index contributed by atoms with van der Waals surface area (Å²) in [5, 5.41) is 38.7. The lowest BCUT2D eigenvalue weighted by Crippen LogP contribution is -2.54. The first-order valence-corrected chi connectivity index (χ1v) is 38.3. The van der Waals surface area contributed by atoms with Gasteiger partial charge in [-0.2, -0.15) is 10.2 Å². The number of imide groups is 4. The second-order valence-electron chi connectivity index (χ2n) is 29.5. The maximum Gasteiger partial charge on any atom is 0.356 e. The van der Waals surface area contributed by atoms with Crippen LogP contribution in [0, 0.1) is 54.3 Å². The lowest BCUT2D eigenvalue weighted by molar-refractivity contribution is -0.123. The Labute approximate surface area is 710 Å². The number of hydrogen-bond donors (Lipinski definition) is 9. The second kappa shape index (κ2) is 33.6. The predicted molar refractivity (Wildman–Crippen MR) is 440 cm³/mol. The van der Waals surface area contributed by atoms with Crippen molar-refractivity contribution in [1.29, 1.82) is 0 Å². The summed E-state index contributed by atoms with van der Waals surface area (Å²) < 4.78 is 28.7. The molecule has 12 heterocycles. The minimum atomic E-state index is -1.66. The highest BCUT2D eigenvalue weighted by Crippen LogP contribution is 2.35. The van der Waals surface area contributed by atoms with Gasteiger partial charge in [0.1, 0.15) is 40.1 Å². The van der Waals surface area contributed by atoms with Gasteiger partial charge in [-0.3, -0.25) is 64.3 Å². The number of phenols is 1. The van der Waals surface area contributed by atoms with Crippen LogP contribution in [0.5, 0.6) is 28.7 Å². The molecule has 36 heteroatoms. The Bertz CT molecular complexity index is 6610. The third-order valence-corrected chi connectivity index (χ3v) is 21.4. The lowest BCUT2D eigenvalue weighted by Gasteiger charge is -2.26. The maximum absolute atomic E-state index is 13.0. The van der Waals surface area contributed by atoms with Crippen LogP contribution in [0.25, 0.3) is 16.4 Å². The van der Waals surface area contributed by atoms with E-state index < -0.39 is 75.9 Å². The number of benzene rings is 6. The molecule has 0 radical (unpaired) electrons. The topological polar surface area (TPSA) is 445 Å². The number of nitrogens with one attached hydrogen (secondary N) is 8. The fraction of sp³-hybridized carbons (Fsp3) is 0.213. The number of rotatable bonds is 13. The van der Waals surface area contributed by atoms with Crippen LogP contribution in [0.15, 0.2) is 164 Å². The highest BCUT2D eigenvalue weighted by molar-refractivity contribution is 6.13. The molecule has 4 atom stereocenters. The SMILES string of the molecule is COC(=O)c1cc(C#C[C@]2(CN3Cc4ccc(OC)cc4C3=O)NC(=O)NC2=O)ccn1.COc1ccc2c(c1)C(=O)N(C[C@@]1(C#Cc3c4ccccc4nn3C)NC(=O)NC1=O)C2.COc1ccc2c(c1)C(=O)N(C[C@@]1(C#Cc3cc(C)ccc3O)NC(=O)NC1=O)C2.COc1ccc2c(c1)C(=O)N(C[C@@]1(C#Cc3cnn4ccccc34)NC(=O)NC1=O)C2. The molecule has 4 fully saturated rings. The van der Waals surface area contributed by atoms with Gasteiger partial charge in [0.2, 0.25) is 22.2 Å². The van der Waals surface area contributed by atoms with Gasteiger partial charge in [0.05, 0.1) is 90.1 Å². The fourth-order valence-electron chi connectivity index (χ4n) is 14.9. The second-order valence-corrected chi connectivity index (χ2v) is 29.5. The number of aromatic nitrogens is 5. The first-order valence-electron chi connectivity index (χ1n) is 38.3. The largest absolute Gasteiger partial charge is 0.507 e. The molecular weight excluding hydrogens is 1610 g/mol. The quantitative estimate of drug-likeness (QED) is 0.0449. The van der Waals surface area contributed by atoms with Crippen molar-refractivity contribution in [2.75, 3.05) is 61.7 Å². The Morgan fingerprint density at radius 3 is 1.26 bits per heavy atom. The van der Waals surface area contributed by atoms with Crippen LogP contribution in [0.3, 0.4) is 0 Å². The zero-order chi connectivity index (χ0) is 88.4. The van der Waals surface area contributed by atoms with E-state index in [0.29, 0.717) is 80.7 Å². The molecule has 16 amide bonds. The average molecular weight is 1680 g/mol. The highest BCUT2D eigenvalue weighted by atomic mass is 16.5. The number of carbonyl (C=O) groups is 13. The van der Waals surface area contributed by atoms with Gasteiger partial charge in [-0.25, -0.2) is 33.5 Å². The first kappa shape index (κ1) is 83.1. The average Bonchev–Trinajstić information content (AvgIpc) is 1.63. The minimum absolute atomic E-state index is 0.0373. The highest BCUT2D eigenvalue weighted by Gasteiger charge is 2.53. The molecule has 8 aliphatic rings. The molecule has 0 aliphatic carbocycles. The Morgan fingerprint density at radius 2 is 0.856 bits per heavy atom. The molecule has 36 nitrogen and oxygen atoms in total. The van der Waals surface area contributed by atoms with Crippen molar-refractivity contribution in [3.63, 3.8) is 0 Å². The molecule has 18 rings (SSSR count). The summed E-state index contributed by atoms with van der Waals surface area (Å²) in [6.07, 6.45) is 4.76. The smallest absolute Gasteiger partial charge is 0.356 e. The number of urea groups is 4. The molecule has 4 saturated heterocycles. The van der Waals surface area contributed by atoms with Crippen LogP contribution in [-0.4, -0.2) is 210 Å². The molecule has 0 unspecified atom stereocenters. The van der Waals surface area contributed by atoms with E-state index in [1.54, 1.807) is 108 Å². The van der Waals surface area contributed by atoms with Crippen molar-refractivity contribution in [1.82, 2.24) is 86.5 Å². The van der Waals surface area contributed by atoms with E-state index in [-0.39, 0.29) is 74.3 Å². The van der Waals surface area contributed by atoms with Crippen molar-refractivity contribution in [2.24, 2.45) is 7.05 Å². The maximum atomic E-state index is 13.0. The van der Waals surface area contributed by atoms with E-state index >= 15 is 0 Å². The Morgan fingerprint density at radius 1 is 0.456 bits per heavy atom. The van der Waals surface area contributed by atoms with Crippen LogP contribution in [-0.2, 0) is 57.1 Å². The lowest BCUT2D eigenvalue weighted by atomic mass is 9.98. The molecule has 125 heavy (non-hydrogen) atoms. The Balaban J connectivity index is 0.000000129. The van der Waals surface area contributed by atoms with Gasteiger partial charge in [-0.1, -0.05) is 90.0 Å². The van der Waals surface area contributed by atoms with Gasteiger partial charge in [0, 0.05) is 78.8 Å². The number of methoxy groups -OCH3 is 5. The normalized spacial score (nSPS) is 19.4. The Hall–Kier alpha value is -17.0. The third-order valence-electron chi connectivity index (χ3n) is 21.4. The molecule has 6 aromatic carbocycles. The fourth-order valence-corrected chi connectivity index (χ4v) is 14.9. The summed E-state index contributed by atoms with van der Waals surface area (Å²) >= 11 is 0. The van der Waals surface area contributed by atoms with Crippen molar-refractivity contribution in [3.8, 4) is 76.1 Å². The number of hydrogen-bond acceptors (Lipinski definition) is 22. The summed E-state index contributed by atoms with van der Waals surface area (Å²) in [5.74, 6) is 20.9. The molecule has 8 aliphatic heterocycles. The number of nitrogens with zero attached hydrogens (tertiary/aromatic N) is 9. The van der Waals surface area contributed by atoms with Crippen molar-refractivity contribution in [2.45, 2.75) is 55.3 Å². The summed E-state index contributed by atoms with van der Waals surface area (Å²) in [5.41, 5.74) is 3.14. The monoisotopic (exact) mass is 1680 g/mol. The molecule has 0 bridgehead atoms. The summed E-state index contributed by atoms with van der Waals surface area (Å²) in [7, 11) is 9.08. The molecule has 9 N–H and O–H groups in total. The minimum Gasteiger partial charge on any atom is -0.507 e. The van der Waals surface area contributed by atoms with E-state index in [4.69, 9.17) is 18.9 Å². The predicted octanol–water partition coefficient (Wildman–Crippen LogP) is 3.85. The van der Waals surface area contributed by atoms with Crippen LogP contribution >= 0.6 is 0 Å². The molecule has 10 aromatic rings. The number of aromatic hydroxyl groups is 1. The number of amides is 16. The number of aryl methyl sites for hydroxylation is 2. The Kier molecular flexibility index (Phi) is 22.4. The van der Waals surface area contributed by atoms with Crippen molar-refractivity contribution in [3.05, 3.63) is 242 Å². The van der Waals surface area contributed by atoms with Gasteiger partial charge in [0.25, 0.3) is 47.3 Å². The molecular formula is C89H73N17O19. The zero-order valence-electron chi connectivity index (χ0n) is 67.6. The van der Waals surface area contributed by atoms with Gasteiger partial charge in [-0.05, 0) is 138 Å². The third kappa shape index (κ3) is 16.5. The van der Waals surface area contributed by atoms with Crippen molar-refractivity contribution >= 4 is 93.8 Å². The number of carbonyl (C=O) groups excluding carboxylic acids is 13. The van der Waals surface area contributed by atoms with E-state index in [2.05, 4.69) is 110 Å². The number of esters is 1. The molecule has 0 spiro atoms. The van der Waals surface area contributed by atoms with Crippen LogP contribution < -0.4 is 61.5 Å². The molecule has 628 valence electrons. The molecule has 0 saturated carbocycles. The van der Waals surface area contributed by atoms with Crippen LogP contribution in [0.1, 0.15) is 102 Å². The van der Waals surface area contributed by atoms with E-state index in [1.165, 1.54) is 73.5 Å². The van der Waals surface area contributed by atoms with Crippen LogP contribution in [0.2, 0.25) is 0 Å². The van der Waals surface area contributed by atoms with E-state index in [0.717, 1.165) is 44.2 Å². The van der Waals surface area contributed by atoms with E-state index in [9.17, 15) is 67.4 Å². The standard InChI is InChI=1S/C23H19N5O4.C22H17N5O4.C22H18N4O6.C22H19N3O5/c1-27-19(16-5-3-4-6-18(16)26-27)9-10-23(21(30)24-22(31)25-23)13-28-12-14-7-8-15(32-2)11-17(14)20(28)29;1-31-16-6-5-15-12-26(19(28)17(15)10-16)13-22(20(29)24-21(30)25-22)8-7-14-11-23-27-9-3-2-4-18(14)27;1-31-15-4-3-14-11-26(18(27)16(14)10-15)12-22(20(29)24-21(30)25-22)7-5-13-6-8-23-17(9-13)19(28)32-2;1-13-3-6-18(26)14(9-13)7-8-22(20(28)23-21(29)24-22)12-25-11-15-4-5-16(30-2)10-17(15)19(25)27/h3-8,11H,12-13H2,1-2H3,(H2,24,25,30,31);2-6,9-11H,12-13H2,1H3,(H2,24,25,29,30);3-4,6,8-10H,11-12H2,1-2H3,(H2,24,25,29,30);3-6,9-10,26H,11-12H2,1-2H3,(H2,23,24,28,29)/t23-;3*22-/m1111/s1. The number of pyridine rings is 2. The molecule has 4 aromatic heterocycles. The number of ether oxygens (including phenoxy) is 5. The number of phenolic OH excluding ortho intramolecular Hbond substituents is 1. The van der Waals surface area contributed by atoms with E-state index in [1.807, 2.05) is 61.5 Å². The zero-order valence-corrected chi connectivity index (χ0v) is 67.6. The van der Waals surface area contributed by atoms with Gasteiger partial charge in [0.15, 0.2) is 0 Å². The summed E-state index contributed by atoms with van der Waals surface area (Å²) in [6.45, 7) is 2.50.